The Morgan fingerprint density at radius 1 is 0.818 bits per heavy atom. The van der Waals surface area contributed by atoms with Gasteiger partial charge in [-0.2, -0.15) is 12.6 Å². The summed E-state index contributed by atoms with van der Waals surface area (Å²) in [5.41, 5.74) is 16.2. The van der Waals surface area contributed by atoms with Crippen LogP contribution in [0.15, 0.2) is 0 Å². The van der Waals surface area contributed by atoms with Gasteiger partial charge in [0, 0.05) is 12.2 Å². The fraction of sp³-hybridized carbons (Fsp3) is 0.667. The van der Waals surface area contributed by atoms with E-state index in [0.29, 0.717) is 19.4 Å². The minimum absolute atomic E-state index is 0.100. The number of carboxylic acids is 2. The number of thiol groups is 1. The lowest BCUT2D eigenvalue weighted by Gasteiger charge is -2.24. The van der Waals surface area contributed by atoms with Gasteiger partial charge in [-0.05, 0) is 32.2 Å². The molecule has 0 spiro atoms. The predicted molar refractivity (Wildman–Crippen MR) is 119 cm³/mol. The molecule has 0 bridgehead atoms. The van der Waals surface area contributed by atoms with Crippen molar-refractivity contribution < 1.29 is 39.0 Å². The van der Waals surface area contributed by atoms with Crippen LogP contribution >= 0.6 is 12.6 Å². The largest absolute Gasteiger partial charge is 0.481 e. The number of nitrogens with two attached hydrogens (primary N) is 3. The second kappa shape index (κ2) is 15.8. The number of rotatable bonds is 17. The number of unbranched alkanes of at least 4 members (excludes halogenated alkanes) is 1. The van der Waals surface area contributed by atoms with Crippen molar-refractivity contribution in [2.75, 3.05) is 12.3 Å². The van der Waals surface area contributed by atoms with Gasteiger partial charge in [0.2, 0.25) is 23.6 Å². The Balaban J connectivity index is 5.41. The van der Waals surface area contributed by atoms with Crippen LogP contribution in [0, 0.1) is 0 Å². The Hall–Kier alpha value is -2.91. The van der Waals surface area contributed by atoms with Crippen molar-refractivity contribution in [1.82, 2.24) is 16.0 Å². The third kappa shape index (κ3) is 12.6. The van der Waals surface area contributed by atoms with E-state index in [9.17, 15) is 28.8 Å². The average molecular weight is 493 g/mol. The highest BCUT2D eigenvalue weighted by Gasteiger charge is 2.30. The van der Waals surface area contributed by atoms with Crippen LogP contribution in [-0.2, 0) is 28.8 Å². The van der Waals surface area contributed by atoms with Gasteiger partial charge in [-0.3, -0.25) is 24.0 Å². The number of aliphatic carboxylic acids is 2. The molecule has 0 aliphatic carbocycles. The molecule has 0 aromatic heterocycles. The summed E-state index contributed by atoms with van der Waals surface area (Å²) < 4.78 is 0. The van der Waals surface area contributed by atoms with Crippen LogP contribution in [0.1, 0.15) is 38.5 Å². The molecule has 4 amide bonds. The van der Waals surface area contributed by atoms with Gasteiger partial charge in [0.05, 0.1) is 12.5 Å². The fourth-order valence-electron chi connectivity index (χ4n) is 2.59. The highest BCUT2D eigenvalue weighted by atomic mass is 32.1. The Labute approximate surface area is 195 Å². The van der Waals surface area contributed by atoms with E-state index in [0.717, 1.165) is 0 Å². The Morgan fingerprint density at radius 3 is 1.85 bits per heavy atom. The Bertz CT molecular complexity index is 722. The summed E-state index contributed by atoms with van der Waals surface area (Å²) in [6.45, 7) is 0.325. The van der Waals surface area contributed by atoms with Crippen LogP contribution in [0.4, 0.5) is 0 Å². The van der Waals surface area contributed by atoms with Crippen LogP contribution in [0.25, 0.3) is 0 Å². The average Bonchev–Trinajstić information content (AvgIpc) is 2.73. The molecule has 0 radical (unpaired) electrons. The van der Waals surface area contributed by atoms with E-state index in [-0.39, 0.29) is 25.0 Å². The van der Waals surface area contributed by atoms with Crippen molar-refractivity contribution >= 4 is 48.2 Å². The molecular formula is C18H32N6O8S. The SMILES string of the molecule is NCCCCC(NC(=O)C(CC(N)=O)NC(=O)C(N)CCC(=O)O)C(=O)NC(CS)C(=O)O. The van der Waals surface area contributed by atoms with E-state index >= 15 is 0 Å². The topological polar surface area (TPSA) is 257 Å². The molecule has 0 aromatic carbocycles. The quantitative estimate of drug-likeness (QED) is 0.0719. The first-order valence-electron chi connectivity index (χ1n) is 10.1. The third-order valence-electron chi connectivity index (χ3n) is 4.42. The first kappa shape index (κ1) is 30.1. The molecule has 4 unspecified atom stereocenters. The molecule has 11 N–H and O–H groups in total. The summed E-state index contributed by atoms with van der Waals surface area (Å²) in [7, 11) is 0. The maximum atomic E-state index is 12.7. The maximum Gasteiger partial charge on any atom is 0.327 e. The van der Waals surface area contributed by atoms with Gasteiger partial charge in [-0.1, -0.05) is 0 Å². The summed E-state index contributed by atoms with van der Waals surface area (Å²) in [4.78, 5) is 70.7. The highest BCUT2D eigenvalue weighted by Crippen LogP contribution is 2.05. The Kier molecular flexibility index (Phi) is 14.4. The fourth-order valence-corrected chi connectivity index (χ4v) is 2.84. The first-order valence-corrected chi connectivity index (χ1v) is 10.8. The molecule has 0 aliphatic heterocycles. The molecule has 14 nitrogen and oxygen atoms in total. The number of hydrogen-bond donors (Lipinski definition) is 9. The Morgan fingerprint density at radius 2 is 1.36 bits per heavy atom. The second-order valence-corrected chi connectivity index (χ2v) is 7.56. The molecule has 0 saturated heterocycles. The number of primary amides is 1. The van der Waals surface area contributed by atoms with E-state index in [2.05, 4.69) is 28.6 Å². The van der Waals surface area contributed by atoms with Crippen LogP contribution in [-0.4, -0.2) is 82.2 Å². The van der Waals surface area contributed by atoms with Crippen molar-refractivity contribution in [1.29, 1.82) is 0 Å². The van der Waals surface area contributed by atoms with Gasteiger partial charge in [0.15, 0.2) is 0 Å². The molecule has 188 valence electrons. The summed E-state index contributed by atoms with van der Waals surface area (Å²) in [5.74, 6) is -6.24. The number of nitrogens with one attached hydrogen (secondary N) is 3. The molecule has 4 atom stereocenters. The van der Waals surface area contributed by atoms with Gasteiger partial charge >= 0.3 is 11.9 Å². The first-order chi connectivity index (χ1) is 15.4. The van der Waals surface area contributed by atoms with Crippen molar-refractivity contribution in [3.8, 4) is 0 Å². The third-order valence-corrected chi connectivity index (χ3v) is 4.79. The van der Waals surface area contributed by atoms with Crippen molar-refractivity contribution in [2.24, 2.45) is 17.2 Å². The molecule has 0 saturated carbocycles. The maximum absolute atomic E-state index is 12.7. The van der Waals surface area contributed by atoms with E-state index in [1.54, 1.807) is 0 Å². The van der Waals surface area contributed by atoms with Gasteiger partial charge in [0.25, 0.3) is 0 Å². The van der Waals surface area contributed by atoms with Crippen LogP contribution in [0.5, 0.6) is 0 Å². The van der Waals surface area contributed by atoms with E-state index in [1.807, 2.05) is 0 Å². The van der Waals surface area contributed by atoms with E-state index in [4.69, 9.17) is 27.4 Å². The van der Waals surface area contributed by atoms with Gasteiger partial charge in [0.1, 0.15) is 18.1 Å². The number of hydrogen-bond acceptors (Lipinski definition) is 9. The van der Waals surface area contributed by atoms with Crippen LogP contribution < -0.4 is 33.2 Å². The number of carboxylic acid groups (broad SMARTS) is 2. The molecule has 0 aliphatic rings. The zero-order valence-corrected chi connectivity index (χ0v) is 18.9. The predicted octanol–water partition coefficient (Wildman–Crippen LogP) is -3.35. The lowest BCUT2D eigenvalue weighted by atomic mass is 10.1. The molecular weight excluding hydrogens is 460 g/mol. The zero-order chi connectivity index (χ0) is 25.6. The lowest BCUT2D eigenvalue weighted by molar-refractivity contribution is -0.142. The van der Waals surface area contributed by atoms with Crippen LogP contribution in [0.3, 0.4) is 0 Å². The van der Waals surface area contributed by atoms with Gasteiger partial charge < -0.3 is 43.4 Å². The summed E-state index contributed by atoms with van der Waals surface area (Å²) in [5, 5.41) is 24.6. The smallest absolute Gasteiger partial charge is 0.327 e. The van der Waals surface area contributed by atoms with E-state index in [1.165, 1.54) is 0 Å². The van der Waals surface area contributed by atoms with Gasteiger partial charge in [-0.15, -0.1) is 0 Å². The van der Waals surface area contributed by atoms with Crippen molar-refractivity contribution in [3.05, 3.63) is 0 Å². The normalized spacial score (nSPS) is 14.3. The number of carbonyl (C=O) groups excluding carboxylic acids is 4. The molecule has 0 heterocycles. The minimum Gasteiger partial charge on any atom is -0.481 e. The lowest BCUT2D eigenvalue weighted by Crippen LogP contribution is -2.58. The zero-order valence-electron chi connectivity index (χ0n) is 18.0. The number of carbonyl (C=O) groups is 6. The van der Waals surface area contributed by atoms with E-state index < -0.39 is 66.2 Å². The molecule has 0 rings (SSSR count). The molecule has 0 fully saturated rings. The molecule has 15 heteroatoms. The monoisotopic (exact) mass is 492 g/mol. The summed E-state index contributed by atoms with van der Waals surface area (Å²) in [6, 6.07) is -5.25. The summed E-state index contributed by atoms with van der Waals surface area (Å²) in [6.07, 6.45) is -0.177. The van der Waals surface area contributed by atoms with Crippen molar-refractivity contribution in [2.45, 2.75) is 62.7 Å². The molecule has 0 aromatic rings. The summed E-state index contributed by atoms with van der Waals surface area (Å²) >= 11 is 3.86. The van der Waals surface area contributed by atoms with Crippen molar-refractivity contribution in [3.63, 3.8) is 0 Å². The van der Waals surface area contributed by atoms with Gasteiger partial charge in [-0.25, -0.2) is 4.79 Å². The number of amides is 4. The minimum atomic E-state index is -1.49. The standard InChI is InChI=1S/C18H32N6O8S/c19-6-2-1-3-10(16(29)24-12(8-33)18(31)32)22-17(30)11(7-13(21)25)23-15(28)9(20)4-5-14(26)27/h9-12,33H,1-8,19-20H2,(H2,21,25)(H,22,30)(H,23,28)(H,24,29)(H,26,27)(H,31,32). The highest BCUT2D eigenvalue weighted by molar-refractivity contribution is 7.80. The van der Waals surface area contributed by atoms with Crippen LogP contribution in [0.2, 0.25) is 0 Å². The molecule has 33 heavy (non-hydrogen) atoms. The second-order valence-electron chi connectivity index (χ2n) is 7.20.